The van der Waals surface area contributed by atoms with Crippen molar-refractivity contribution in [3.05, 3.63) is 59.7 Å². The molecule has 0 spiro atoms. The molecule has 2 rings (SSSR count). The standard InChI is InChI=1S/C22H29N3O2/c1-4-5-14-23-22(27)17-10-12-18(13-11-17)24-15-21(26)25-20-9-7-6-8-19(20)16(2)3/h6-13,16,24H,4-5,14-15H2,1-3H3,(H,23,27)(H,25,26). The zero-order valence-corrected chi connectivity index (χ0v) is 16.3. The van der Waals surface area contributed by atoms with E-state index in [0.717, 1.165) is 29.8 Å². The van der Waals surface area contributed by atoms with Gasteiger partial charge in [-0.2, -0.15) is 0 Å². The molecule has 5 heteroatoms. The van der Waals surface area contributed by atoms with Crippen LogP contribution >= 0.6 is 0 Å². The number of carbonyl (C=O) groups is 2. The Hall–Kier alpha value is -2.82. The van der Waals surface area contributed by atoms with Gasteiger partial charge in [0.2, 0.25) is 5.91 Å². The van der Waals surface area contributed by atoms with Crippen LogP contribution in [0.25, 0.3) is 0 Å². The SMILES string of the molecule is CCCCNC(=O)c1ccc(NCC(=O)Nc2ccccc2C(C)C)cc1. The summed E-state index contributed by atoms with van der Waals surface area (Å²) in [7, 11) is 0. The highest BCUT2D eigenvalue weighted by molar-refractivity contribution is 5.95. The lowest BCUT2D eigenvalue weighted by atomic mass is 10.0. The first-order chi connectivity index (χ1) is 13.0. The lowest BCUT2D eigenvalue weighted by Crippen LogP contribution is -2.24. The molecule has 0 aliphatic heterocycles. The first-order valence-electron chi connectivity index (χ1n) is 9.52. The summed E-state index contributed by atoms with van der Waals surface area (Å²) in [6.45, 7) is 7.14. The minimum Gasteiger partial charge on any atom is -0.376 e. The summed E-state index contributed by atoms with van der Waals surface area (Å²) >= 11 is 0. The van der Waals surface area contributed by atoms with Gasteiger partial charge in [-0.1, -0.05) is 45.4 Å². The maximum atomic E-state index is 12.2. The van der Waals surface area contributed by atoms with Crippen molar-refractivity contribution >= 4 is 23.2 Å². The van der Waals surface area contributed by atoms with Gasteiger partial charge in [0.1, 0.15) is 0 Å². The van der Waals surface area contributed by atoms with Crippen LogP contribution in [0.15, 0.2) is 48.5 Å². The number of rotatable bonds is 9. The van der Waals surface area contributed by atoms with E-state index in [-0.39, 0.29) is 18.4 Å². The topological polar surface area (TPSA) is 70.2 Å². The number of carbonyl (C=O) groups excluding carboxylic acids is 2. The van der Waals surface area contributed by atoms with Crippen LogP contribution in [0.5, 0.6) is 0 Å². The van der Waals surface area contributed by atoms with Gasteiger partial charge < -0.3 is 16.0 Å². The molecule has 0 heterocycles. The predicted molar refractivity (Wildman–Crippen MR) is 111 cm³/mol. The van der Waals surface area contributed by atoms with Gasteiger partial charge in [0.05, 0.1) is 6.54 Å². The predicted octanol–water partition coefficient (Wildman–Crippen LogP) is 4.39. The third-order valence-electron chi connectivity index (χ3n) is 4.27. The number of benzene rings is 2. The van der Waals surface area contributed by atoms with E-state index in [1.54, 1.807) is 12.1 Å². The normalized spacial score (nSPS) is 10.5. The van der Waals surface area contributed by atoms with E-state index in [0.29, 0.717) is 18.0 Å². The van der Waals surface area contributed by atoms with Gasteiger partial charge in [-0.15, -0.1) is 0 Å². The average Bonchev–Trinajstić information content (AvgIpc) is 2.67. The number of amides is 2. The fourth-order valence-corrected chi connectivity index (χ4v) is 2.71. The molecule has 5 nitrogen and oxygen atoms in total. The molecule has 3 N–H and O–H groups in total. The van der Waals surface area contributed by atoms with Crippen LogP contribution in [0, 0.1) is 0 Å². The summed E-state index contributed by atoms with van der Waals surface area (Å²) in [5.41, 5.74) is 3.38. The summed E-state index contributed by atoms with van der Waals surface area (Å²) in [6.07, 6.45) is 2.02. The van der Waals surface area contributed by atoms with E-state index >= 15 is 0 Å². The molecule has 2 amide bonds. The smallest absolute Gasteiger partial charge is 0.251 e. The van der Waals surface area contributed by atoms with Gasteiger partial charge >= 0.3 is 0 Å². The first-order valence-corrected chi connectivity index (χ1v) is 9.52. The first kappa shape index (κ1) is 20.5. The zero-order chi connectivity index (χ0) is 19.6. The van der Waals surface area contributed by atoms with E-state index in [9.17, 15) is 9.59 Å². The van der Waals surface area contributed by atoms with Crippen molar-refractivity contribution < 1.29 is 9.59 Å². The number of anilines is 2. The molecule has 0 aromatic heterocycles. The maximum absolute atomic E-state index is 12.2. The summed E-state index contributed by atoms with van der Waals surface area (Å²) in [4.78, 5) is 24.2. The molecule has 144 valence electrons. The van der Waals surface area contributed by atoms with Crippen molar-refractivity contribution in [2.24, 2.45) is 0 Å². The molecule has 0 fully saturated rings. The van der Waals surface area contributed by atoms with E-state index < -0.39 is 0 Å². The van der Waals surface area contributed by atoms with Crippen LogP contribution in [0.2, 0.25) is 0 Å². The second kappa shape index (κ2) is 10.4. The lowest BCUT2D eigenvalue weighted by molar-refractivity contribution is -0.114. The third kappa shape index (κ3) is 6.44. The Labute approximate surface area is 161 Å². The van der Waals surface area contributed by atoms with Crippen molar-refractivity contribution in [1.29, 1.82) is 0 Å². The van der Waals surface area contributed by atoms with Gasteiger partial charge in [0.25, 0.3) is 5.91 Å². The number of unbranched alkanes of at least 4 members (excludes halogenated alkanes) is 1. The second-order valence-corrected chi connectivity index (χ2v) is 6.83. The Balaban J connectivity index is 1.86. The van der Waals surface area contributed by atoms with Gasteiger partial charge in [0.15, 0.2) is 0 Å². The fraction of sp³-hybridized carbons (Fsp3) is 0.364. The van der Waals surface area contributed by atoms with Crippen molar-refractivity contribution in [1.82, 2.24) is 5.32 Å². The number of hydrogen-bond donors (Lipinski definition) is 3. The Morgan fingerprint density at radius 2 is 1.70 bits per heavy atom. The Kier molecular flexibility index (Phi) is 7.86. The molecule has 0 unspecified atom stereocenters. The molecule has 2 aromatic carbocycles. The molecule has 0 saturated carbocycles. The average molecular weight is 367 g/mol. The molecule has 2 aromatic rings. The maximum Gasteiger partial charge on any atom is 0.251 e. The Bertz CT molecular complexity index is 754. The van der Waals surface area contributed by atoms with Gasteiger partial charge in [-0.05, 0) is 48.2 Å². The van der Waals surface area contributed by atoms with Crippen LogP contribution in [0.1, 0.15) is 55.5 Å². The summed E-state index contributed by atoms with van der Waals surface area (Å²) in [5, 5.41) is 8.93. The molecule has 0 bridgehead atoms. The molecule has 0 saturated heterocycles. The Morgan fingerprint density at radius 1 is 1.00 bits per heavy atom. The van der Waals surface area contributed by atoms with Gasteiger partial charge in [0, 0.05) is 23.5 Å². The molecule has 0 aliphatic carbocycles. The van der Waals surface area contributed by atoms with E-state index in [1.807, 2.05) is 36.4 Å². The monoisotopic (exact) mass is 367 g/mol. The number of hydrogen-bond acceptors (Lipinski definition) is 3. The van der Waals surface area contributed by atoms with Crippen LogP contribution in [-0.2, 0) is 4.79 Å². The van der Waals surface area contributed by atoms with Crippen molar-refractivity contribution in [3.8, 4) is 0 Å². The summed E-state index contributed by atoms with van der Waals surface area (Å²) < 4.78 is 0. The summed E-state index contributed by atoms with van der Waals surface area (Å²) in [5.74, 6) is 0.160. The highest BCUT2D eigenvalue weighted by atomic mass is 16.2. The van der Waals surface area contributed by atoms with Crippen molar-refractivity contribution in [2.45, 2.75) is 39.5 Å². The lowest BCUT2D eigenvalue weighted by Gasteiger charge is -2.14. The molecule has 0 radical (unpaired) electrons. The van der Waals surface area contributed by atoms with E-state index in [2.05, 4.69) is 36.7 Å². The molecular formula is C22H29N3O2. The third-order valence-corrected chi connectivity index (χ3v) is 4.27. The summed E-state index contributed by atoms with van der Waals surface area (Å²) in [6, 6.07) is 15.0. The van der Waals surface area contributed by atoms with Crippen LogP contribution < -0.4 is 16.0 Å². The van der Waals surface area contributed by atoms with E-state index in [4.69, 9.17) is 0 Å². The van der Waals surface area contributed by atoms with Crippen LogP contribution in [0.4, 0.5) is 11.4 Å². The fourth-order valence-electron chi connectivity index (χ4n) is 2.71. The molecule has 27 heavy (non-hydrogen) atoms. The van der Waals surface area contributed by atoms with Crippen LogP contribution in [-0.4, -0.2) is 24.9 Å². The highest BCUT2D eigenvalue weighted by Crippen LogP contribution is 2.23. The van der Waals surface area contributed by atoms with Crippen LogP contribution in [0.3, 0.4) is 0 Å². The van der Waals surface area contributed by atoms with Gasteiger partial charge in [-0.3, -0.25) is 9.59 Å². The number of nitrogens with one attached hydrogen (secondary N) is 3. The van der Waals surface area contributed by atoms with Crippen molar-refractivity contribution in [3.63, 3.8) is 0 Å². The number of para-hydroxylation sites is 1. The largest absolute Gasteiger partial charge is 0.376 e. The zero-order valence-electron chi connectivity index (χ0n) is 16.3. The second-order valence-electron chi connectivity index (χ2n) is 6.83. The molecular weight excluding hydrogens is 338 g/mol. The highest BCUT2D eigenvalue weighted by Gasteiger charge is 2.09. The quantitative estimate of drug-likeness (QED) is 0.576. The minimum atomic E-state index is -0.107. The molecule has 0 aliphatic rings. The molecule has 0 atom stereocenters. The van der Waals surface area contributed by atoms with Crippen molar-refractivity contribution in [2.75, 3.05) is 23.7 Å². The Morgan fingerprint density at radius 3 is 2.37 bits per heavy atom. The van der Waals surface area contributed by atoms with E-state index in [1.165, 1.54) is 0 Å². The van der Waals surface area contributed by atoms with Gasteiger partial charge in [-0.25, -0.2) is 0 Å². The minimum absolute atomic E-state index is 0.0713.